The molecule has 0 N–H and O–H groups in total. The molecule has 0 aliphatic rings. The Bertz CT molecular complexity index is 551. The number of hydrogen-bond acceptors (Lipinski definition) is 0. The van der Waals surface area contributed by atoms with E-state index in [1.54, 1.807) is 0 Å². The minimum atomic E-state index is 1.29. The van der Waals surface area contributed by atoms with Crippen molar-refractivity contribution in [1.29, 1.82) is 0 Å². The Kier molecular flexibility index (Phi) is 1.42. The summed E-state index contributed by atoms with van der Waals surface area (Å²) in [5, 5.41) is 2.68. The van der Waals surface area contributed by atoms with E-state index >= 15 is 0 Å². The molecule has 0 unspecified atom stereocenters. The molecule has 0 aliphatic heterocycles. The molecule has 0 aliphatic carbocycles. The summed E-state index contributed by atoms with van der Waals surface area (Å²) in [6.07, 6.45) is 2.12. The lowest BCUT2D eigenvalue weighted by Gasteiger charge is -1.94. The number of nitrogens with zero attached hydrogens (tertiary/aromatic N) is 1. The van der Waals surface area contributed by atoms with Crippen LogP contribution in [0.4, 0.5) is 0 Å². The zero-order valence-electron chi connectivity index (χ0n) is 8.07. The van der Waals surface area contributed by atoms with Crippen LogP contribution in [0.5, 0.6) is 0 Å². The number of rotatable bonds is 0. The molecule has 0 saturated carbocycles. The highest BCUT2D eigenvalue weighted by Gasteiger charge is 2.05. The predicted molar refractivity (Wildman–Crippen MR) is 59.6 cm³/mol. The summed E-state index contributed by atoms with van der Waals surface area (Å²) in [5.74, 6) is 0. The summed E-state index contributed by atoms with van der Waals surface area (Å²) >= 11 is 0. The van der Waals surface area contributed by atoms with Gasteiger partial charge in [0, 0.05) is 22.7 Å². The van der Waals surface area contributed by atoms with Crippen LogP contribution in [0.2, 0.25) is 0 Å². The zero-order chi connectivity index (χ0) is 9.54. The van der Waals surface area contributed by atoms with Gasteiger partial charge in [0.1, 0.15) is 0 Å². The largest absolute Gasteiger partial charge is 0.320 e. The van der Waals surface area contributed by atoms with Crippen molar-refractivity contribution in [3.8, 4) is 0 Å². The quantitative estimate of drug-likeness (QED) is 0.500. The fraction of sp³-hybridized carbons (Fsp3) is 0.0769. The first-order valence-corrected chi connectivity index (χ1v) is 4.82. The third-order valence-electron chi connectivity index (χ3n) is 2.81. The van der Waals surface area contributed by atoms with Gasteiger partial charge in [0.05, 0.1) is 5.52 Å². The van der Waals surface area contributed by atoms with Gasteiger partial charge in [-0.1, -0.05) is 30.3 Å². The highest BCUT2D eigenvalue weighted by Crippen LogP contribution is 2.25. The first kappa shape index (κ1) is 7.63. The maximum Gasteiger partial charge on any atom is 0.0531 e. The van der Waals surface area contributed by atoms with E-state index < -0.39 is 0 Å². The molecule has 0 bridgehead atoms. The highest BCUT2D eigenvalue weighted by atomic mass is 14.9. The lowest BCUT2D eigenvalue weighted by molar-refractivity contribution is 1.12. The van der Waals surface area contributed by atoms with Gasteiger partial charge >= 0.3 is 0 Å². The number of benzene rings is 1. The van der Waals surface area contributed by atoms with Crippen LogP contribution in [0.25, 0.3) is 16.3 Å². The van der Waals surface area contributed by atoms with E-state index in [0.717, 1.165) is 0 Å². The maximum absolute atomic E-state index is 2.24. The molecule has 0 saturated heterocycles. The Labute approximate surface area is 82.6 Å². The Morgan fingerprint density at radius 1 is 0.857 bits per heavy atom. The first-order chi connectivity index (χ1) is 6.88. The number of fused-ring (bicyclic) bond motifs is 3. The van der Waals surface area contributed by atoms with Crippen LogP contribution in [-0.4, -0.2) is 4.40 Å². The fourth-order valence-corrected chi connectivity index (χ4v) is 2.11. The molecular formula is C13H11N. The van der Waals surface area contributed by atoms with Crippen molar-refractivity contribution in [2.75, 3.05) is 0 Å². The molecule has 1 aromatic carbocycles. The summed E-state index contributed by atoms with van der Waals surface area (Å²) in [7, 11) is 0. The number of pyridine rings is 1. The predicted octanol–water partition coefficient (Wildman–Crippen LogP) is 3.40. The standard InChI is InChI=1S/C13H11N/c1-10-11-6-2-3-7-12(11)13-8-4-5-9-14(10)13/h2-9H,1H3. The first-order valence-electron chi connectivity index (χ1n) is 4.82. The Morgan fingerprint density at radius 3 is 2.43 bits per heavy atom. The van der Waals surface area contributed by atoms with Crippen LogP contribution >= 0.6 is 0 Å². The molecule has 2 aromatic heterocycles. The van der Waals surface area contributed by atoms with Crippen LogP contribution < -0.4 is 0 Å². The van der Waals surface area contributed by atoms with E-state index in [0.29, 0.717) is 0 Å². The lowest BCUT2D eigenvalue weighted by atomic mass is 10.2. The lowest BCUT2D eigenvalue weighted by Crippen LogP contribution is -1.83. The van der Waals surface area contributed by atoms with E-state index in [2.05, 4.69) is 60.0 Å². The average molecular weight is 181 g/mol. The van der Waals surface area contributed by atoms with E-state index in [9.17, 15) is 0 Å². The molecule has 0 fully saturated rings. The van der Waals surface area contributed by atoms with Crippen molar-refractivity contribution in [1.82, 2.24) is 4.40 Å². The van der Waals surface area contributed by atoms with Gasteiger partial charge < -0.3 is 4.40 Å². The minimum absolute atomic E-state index is 1.29. The van der Waals surface area contributed by atoms with Gasteiger partial charge in [-0.05, 0) is 19.1 Å². The molecule has 0 spiro atoms. The van der Waals surface area contributed by atoms with E-state index in [1.807, 2.05) is 0 Å². The Balaban J connectivity index is 2.69. The van der Waals surface area contributed by atoms with Crippen molar-refractivity contribution < 1.29 is 0 Å². The van der Waals surface area contributed by atoms with Crippen LogP contribution in [0.15, 0.2) is 48.7 Å². The van der Waals surface area contributed by atoms with Crippen molar-refractivity contribution in [2.45, 2.75) is 6.92 Å². The molecule has 0 radical (unpaired) electrons. The number of hydrogen-bond donors (Lipinski definition) is 0. The van der Waals surface area contributed by atoms with E-state index in [1.165, 1.54) is 22.0 Å². The maximum atomic E-state index is 2.24. The van der Waals surface area contributed by atoms with Crippen LogP contribution in [0.3, 0.4) is 0 Å². The van der Waals surface area contributed by atoms with Gasteiger partial charge in [0.2, 0.25) is 0 Å². The second kappa shape index (κ2) is 2.61. The van der Waals surface area contributed by atoms with Gasteiger partial charge in [-0.2, -0.15) is 0 Å². The molecule has 3 rings (SSSR count). The highest BCUT2D eigenvalue weighted by molar-refractivity contribution is 5.99. The number of aryl methyl sites for hydroxylation is 1. The smallest absolute Gasteiger partial charge is 0.0531 e. The van der Waals surface area contributed by atoms with Gasteiger partial charge in [-0.3, -0.25) is 0 Å². The van der Waals surface area contributed by atoms with Crippen LogP contribution in [0.1, 0.15) is 5.69 Å². The molecule has 0 atom stereocenters. The van der Waals surface area contributed by atoms with Crippen LogP contribution in [-0.2, 0) is 0 Å². The van der Waals surface area contributed by atoms with Crippen molar-refractivity contribution >= 4 is 16.3 Å². The van der Waals surface area contributed by atoms with Gasteiger partial charge in [-0.25, -0.2) is 0 Å². The molecular weight excluding hydrogens is 170 g/mol. The summed E-state index contributed by atoms with van der Waals surface area (Å²) in [5.41, 5.74) is 2.61. The number of aromatic nitrogens is 1. The van der Waals surface area contributed by atoms with Gasteiger partial charge in [0.15, 0.2) is 0 Å². The second-order valence-corrected chi connectivity index (χ2v) is 3.59. The molecule has 3 aromatic rings. The molecule has 0 amide bonds. The summed E-state index contributed by atoms with van der Waals surface area (Å²) in [6.45, 7) is 2.16. The van der Waals surface area contributed by atoms with Gasteiger partial charge in [0.25, 0.3) is 0 Å². The zero-order valence-corrected chi connectivity index (χ0v) is 8.07. The summed E-state index contributed by atoms with van der Waals surface area (Å²) < 4.78 is 2.24. The molecule has 1 heteroatoms. The van der Waals surface area contributed by atoms with Gasteiger partial charge in [-0.15, -0.1) is 0 Å². The third-order valence-corrected chi connectivity index (χ3v) is 2.81. The van der Waals surface area contributed by atoms with Crippen molar-refractivity contribution in [2.24, 2.45) is 0 Å². The fourth-order valence-electron chi connectivity index (χ4n) is 2.11. The third kappa shape index (κ3) is 0.841. The Hall–Kier alpha value is -1.76. The van der Waals surface area contributed by atoms with E-state index in [-0.39, 0.29) is 0 Å². The molecule has 14 heavy (non-hydrogen) atoms. The SMILES string of the molecule is Cc1c2ccccc2c2ccccn12. The molecule has 2 heterocycles. The average Bonchev–Trinajstić information content (AvgIpc) is 2.55. The van der Waals surface area contributed by atoms with Crippen molar-refractivity contribution in [3.05, 3.63) is 54.4 Å². The summed E-state index contributed by atoms with van der Waals surface area (Å²) in [4.78, 5) is 0. The minimum Gasteiger partial charge on any atom is -0.320 e. The molecule has 68 valence electrons. The van der Waals surface area contributed by atoms with Crippen molar-refractivity contribution in [3.63, 3.8) is 0 Å². The Morgan fingerprint density at radius 2 is 1.57 bits per heavy atom. The monoisotopic (exact) mass is 181 g/mol. The summed E-state index contributed by atoms with van der Waals surface area (Å²) in [6, 6.07) is 14.9. The topological polar surface area (TPSA) is 4.41 Å². The molecule has 1 nitrogen and oxygen atoms in total. The normalized spacial score (nSPS) is 11.2. The van der Waals surface area contributed by atoms with E-state index in [4.69, 9.17) is 0 Å². The van der Waals surface area contributed by atoms with Crippen LogP contribution in [0, 0.1) is 6.92 Å². The second-order valence-electron chi connectivity index (χ2n) is 3.59.